The van der Waals surface area contributed by atoms with E-state index >= 15 is 0 Å². The van der Waals surface area contributed by atoms with Gasteiger partial charge in [0.1, 0.15) is 0 Å². The second kappa shape index (κ2) is 5.83. The molecule has 1 nitrogen and oxygen atoms in total. The van der Waals surface area contributed by atoms with Gasteiger partial charge in [0.25, 0.3) is 0 Å². The minimum atomic E-state index is 0.334. The third kappa shape index (κ3) is 5.57. The maximum atomic E-state index is 5.27. The summed E-state index contributed by atoms with van der Waals surface area (Å²) in [5, 5.41) is 0. The molecule has 0 N–H and O–H groups in total. The van der Waals surface area contributed by atoms with Crippen molar-refractivity contribution in [1.29, 1.82) is 0 Å². The van der Waals surface area contributed by atoms with Gasteiger partial charge in [-0.1, -0.05) is 19.4 Å². The van der Waals surface area contributed by atoms with Crippen LogP contribution in [0.15, 0.2) is 12.7 Å². The Morgan fingerprint density at radius 1 is 1.67 bits per heavy atom. The molecule has 1 unspecified atom stereocenters. The molecule has 0 aromatic carbocycles. The molecule has 0 heterocycles. The van der Waals surface area contributed by atoms with Crippen LogP contribution in [0.25, 0.3) is 0 Å². The molecule has 0 amide bonds. The summed E-state index contributed by atoms with van der Waals surface area (Å²) >= 11 is 0. The van der Waals surface area contributed by atoms with Crippen molar-refractivity contribution in [3.8, 4) is 0 Å². The normalized spacial score (nSPS) is 13.1. The summed E-state index contributed by atoms with van der Waals surface area (Å²) < 4.78 is 5.27. The molecular formula is C8H15O. The number of hydrogen-bond donors (Lipinski definition) is 0. The fourth-order valence-electron chi connectivity index (χ4n) is 0.603. The van der Waals surface area contributed by atoms with Gasteiger partial charge in [0.15, 0.2) is 0 Å². The molecule has 0 aliphatic carbocycles. The molecule has 9 heavy (non-hydrogen) atoms. The van der Waals surface area contributed by atoms with Crippen LogP contribution in [0.2, 0.25) is 0 Å². The second-order valence-corrected chi connectivity index (χ2v) is 2.07. The lowest BCUT2D eigenvalue weighted by Crippen LogP contribution is -2.06. The van der Waals surface area contributed by atoms with Crippen LogP contribution in [0.4, 0.5) is 0 Å². The largest absolute Gasteiger partial charge is 0.374 e. The first-order valence-electron chi connectivity index (χ1n) is 3.33. The monoisotopic (exact) mass is 127 g/mol. The fourth-order valence-corrected chi connectivity index (χ4v) is 0.603. The maximum Gasteiger partial charge on any atom is 0.0648 e. The van der Waals surface area contributed by atoms with Crippen LogP contribution in [0.3, 0.4) is 0 Å². The van der Waals surface area contributed by atoms with E-state index in [2.05, 4.69) is 20.4 Å². The first-order valence-corrected chi connectivity index (χ1v) is 3.33. The predicted molar refractivity (Wildman–Crippen MR) is 40.2 cm³/mol. The zero-order chi connectivity index (χ0) is 7.11. The van der Waals surface area contributed by atoms with Gasteiger partial charge in [-0.25, -0.2) is 0 Å². The molecule has 0 rings (SSSR count). The molecule has 0 aromatic heterocycles. The van der Waals surface area contributed by atoms with Crippen molar-refractivity contribution in [1.82, 2.24) is 0 Å². The van der Waals surface area contributed by atoms with Crippen LogP contribution in [0.5, 0.6) is 0 Å². The van der Waals surface area contributed by atoms with Crippen molar-refractivity contribution in [3.63, 3.8) is 0 Å². The zero-order valence-electron chi connectivity index (χ0n) is 6.10. The van der Waals surface area contributed by atoms with Crippen molar-refractivity contribution in [2.45, 2.75) is 25.9 Å². The van der Waals surface area contributed by atoms with Gasteiger partial charge in [0, 0.05) is 0 Å². The number of hydrogen-bond acceptors (Lipinski definition) is 1. The Bertz CT molecular complexity index is 69.0. The molecule has 0 aliphatic heterocycles. The average molecular weight is 127 g/mol. The van der Waals surface area contributed by atoms with Crippen LogP contribution >= 0.6 is 0 Å². The Morgan fingerprint density at radius 3 is 2.78 bits per heavy atom. The van der Waals surface area contributed by atoms with E-state index in [4.69, 9.17) is 4.74 Å². The average Bonchev–Trinajstić information content (AvgIpc) is 1.85. The van der Waals surface area contributed by atoms with Crippen LogP contribution < -0.4 is 0 Å². The van der Waals surface area contributed by atoms with Gasteiger partial charge in [0.05, 0.1) is 12.7 Å². The Kier molecular flexibility index (Phi) is 5.64. The van der Waals surface area contributed by atoms with E-state index in [1.54, 1.807) is 6.08 Å². The molecule has 0 fully saturated rings. The van der Waals surface area contributed by atoms with E-state index in [0.29, 0.717) is 12.7 Å². The highest BCUT2D eigenvalue weighted by molar-refractivity contribution is 4.65. The Labute approximate surface area is 57.7 Å². The molecule has 0 saturated carbocycles. The lowest BCUT2D eigenvalue weighted by Gasteiger charge is -2.08. The summed E-state index contributed by atoms with van der Waals surface area (Å²) in [6.07, 6.45) is 4.08. The minimum absolute atomic E-state index is 0.334. The van der Waals surface area contributed by atoms with Gasteiger partial charge in [-0.05, 0) is 13.3 Å². The topological polar surface area (TPSA) is 9.23 Å². The predicted octanol–water partition coefficient (Wildman–Crippen LogP) is 2.19. The summed E-state index contributed by atoms with van der Waals surface area (Å²) in [5.41, 5.74) is 0. The van der Waals surface area contributed by atoms with Crippen molar-refractivity contribution < 1.29 is 4.74 Å². The Hall–Kier alpha value is -0.300. The van der Waals surface area contributed by atoms with Gasteiger partial charge >= 0.3 is 0 Å². The van der Waals surface area contributed by atoms with Gasteiger partial charge in [-0.2, -0.15) is 0 Å². The van der Waals surface area contributed by atoms with E-state index in [0.717, 1.165) is 12.8 Å². The van der Waals surface area contributed by atoms with Crippen molar-refractivity contribution in [3.05, 3.63) is 19.6 Å². The Morgan fingerprint density at radius 2 is 2.33 bits per heavy atom. The van der Waals surface area contributed by atoms with E-state index in [1.165, 1.54) is 0 Å². The minimum Gasteiger partial charge on any atom is -0.374 e. The Balaban J connectivity index is 3.04. The van der Waals surface area contributed by atoms with Gasteiger partial charge in [-0.3, -0.25) is 0 Å². The van der Waals surface area contributed by atoms with Crippen molar-refractivity contribution in [2.75, 3.05) is 6.61 Å². The van der Waals surface area contributed by atoms with Gasteiger partial charge in [0.2, 0.25) is 0 Å². The first-order chi connectivity index (χ1) is 4.31. The van der Waals surface area contributed by atoms with E-state index in [1.807, 2.05) is 0 Å². The van der Waals surface area contributed by atoms with Crippen LogP contribution in [0, 0.1) is 6.92 Å². The van der Waals surface area contributed by atoms with E-state index < -0.39 is 0 Å². The van der Waals surface area contributed by atoms with Crippen LogP contribution in [0.1, 0.15) is 19.8 Å². The van der Waals surface area contributed by atoms with Crippen molar-refractivity contribution in [2.24, 2.45) is 0 Å². The summed E-state index contributed by atoms with van der Waals surface area (Å²) in [7, 11) is 0. The summed E-state index contributed by atoms with van der Waals surface area (Å²) in [5.74, 6) is 0. The maximum absolute atomic E-state index is 5.27. The van der Waals surface area contributed by atoms with E-state index in [9.17, 15) is 0 Å². The van der Waals surface area contributed by atoms with E-state index in [-0.39, 0.29) is 0 Å². The third-order valence-electron chi connectivity index (χ3n) is 1.11. The molecule has 0 aliphatic rings. The van der Waals surface area contributed by atoms with Gasteiger partial charge in [-0.15, -0.1) is 6.58 Å². The molecule has 1 heteroatoms. The van der Waals surface area contributed by atoms with Crippen LogP contribution in [-0.2, 0) is 4.74 Å². The SMILES string of the molecule is [CH2]CCC(C)OCC=C. The van der Waals surface area contributed by atoms with Crippen molar-refractivity contribution >= 4 is 0 Å². The first kappa shape index (κ1) is 8.70. The number of ether oxygens (including phenoxy) is 1. The molecule has 0 bridgehead atoms. The summed E-state index contributed by atoms with van der Waals surface area (Å²) in [6.45, 7) is 9.98. The highest BCUT2D eigenvalue weighted by Crippen LogP contribution is 1.99. The second-order valence-electron chi connectivity index (χ2n) is 2.07. The highest BCUT2D eigenvalue weighted by Gasteiger charge is 1.96. The lowest BCUT2D eigenvalue weighted by molar-refractivity contribution is 0.0827. The van der Waals surface area contributed by atoms with Crippen LogP contribution in [-0.4, -0.2) is 12.7 Å². The van der Waals surface area contributed by atoms with Gasteiger partial charge < -0.3 is 4.74 Å². The molecular weight excluding hydrogens is 112 g/mol. The third-order valence-corrected chi connectivity index (χ3v) is 1.11. The fraction of sp³-hybridized carbons (Fsp3) is 0.625. The molecule has 0 spiro atoms. The standard InChI is InChI=1S/C8H15O/c1-4-6-8(3)9-7-5-2/h5,8H,1-2,4,6-7H2,3H3. The quantitative estimate of drug-likeness (QED) is 0.514. The molecule has 1 radical (unpaired) electrons. The lowest BCUT2D eigenvalue weighted by atomic mass is 10.2. The molecule has 1 atom stereocenters. The zero-order valence-corrected chi connectivity index (χ0v) is 6.10. The molecule has 53 valence electrons. The highest BCUT2D eigenvalue weighted by atomic mass is 16.5. The number of rotatable bonds is 5. The smallest absolute Gasteiger partial charge is 0.0648 e. The molecule has 0 saturated heterocycles. The summed E-state index contributed by atoms with van der Waals surface area (Å²) in [6, 6.07) is 0. The summed E-state index contributed by atoms with van der Waals surface area (Å²) in [4.78, 5) is 0. The molecule has 0 aromatic rings.